The fraction of sp³-hybridized carbons (Fsp3) is 0.333. The smallest absolute Gasteiger partial charge is 0.240 e. The molecule has 1 amide bonds. The van der Waals surface area contributed by atoms with Crippen LogP contribution in [-0.2, 0) is 21.4 Å². The van der Waals surface area contributed by atoms with Crippen LogP contribution in [-0.4, -0.2) is 43.6 Å². The second-order valence-corrected chi connectivity index (χ2v) is 7.10. The maximum Gasteiger partial charge on any atom is 0.240 e. The van der Waals surface area contributed by atoms with Gasteiger partial charge in [0.05, 0.1) is 12.3 Å². The Labute approximate surface area is 130 Å². The van der Waals surface area contributed by atoms with Gasteiger partial charge in [0.1, 0.15) is 0 Å². The average molecular weight is 321 g/mol. The third-order valence-electron chi connectivity index (χ3n) is 3.32. The highest BCUT2D eigenvalue weighted by atomic mass is 32.2. The van der Waals surface area contributed by atoms with Crippen LogP contribution in [0.3, 0.4) is 0 Å². The van der Waals surface area contributed by atoms with Gasteiger partial charge in [0, 0.05) is 31.4 Å². The van der Waals surface area contributed by atoms with Crippen LogP contribution in [0, 0.1) is 0 Å². The molecule has 7 heteroatoms. The molecule has 0 aliphatic heterocycles. The van der Waals surface area contributed by atoms with E-state index in [0.717, 1.165) is 22.6 Å². The summed E-state index contributed by atoms with van der Waals surface area (Å²) in [7, 11) is -1.76. The van der Waals surface area contributed by atoms with E-state index in [1.54, 1.807) is 19.4 Å². The van der Waals surface area contributed by atoms with Gasteiger partial charge in [0.25, 0.3) is 0 Å². The Balaban J connectivity index is 2.17. The number of aromatic nitrogens is 1. The molecule has 6 nitrogen and oxygen atoms in total. The molecule has 1 aromatic heterocycles. The van der Waals surface area contributed by atoms with Crippen molar-refractivity contribution in [2.75, 3.05) is 13.3 Å². The van der Waals surface area contributed by atoms with E-state index in [0.29, 0.717) is 6.54 Å². The number of fused-ring (bicyclic) bond motifs is 1. The Morgan fingerprint density at radius 3 is 2.77 bits per heavy atom. The minimum atomic E-state index is -3.42. The van der Waals surface area contributed by atoms with Gasteiger partial charge in [-0.2, -0.15) is 0 Å². The van der Waals surface area contributed by atoms with Crippen molar-refractivity contribution in [2.24, 2.45) is 0 Å². The molecule has 1 unspecified atom stereocenters. The van der Waals surface area contributed by atoms with Crippen LogP contribution in [0.2, 0.25) is 0 Å². The summed E-state index contributed by atoms with van der Waals surface area (Å²) in [6.07, 6.45) is 4.52. The molecule has 0 aliphatic rings. The lowest BCUT2D eigenvalue weighted by Gasteiger charge is -2.22. The van der Waals surface area contributed by atoms with Gasteiger partial charge in [-0.15, -0.1) is 0 Å². The number of likely N-dealkylation sites (N-methyl/N-ethyl adjacent to an activating group) is 1. The maximum absolute atomic E-state index is 12.2. The summed E-state index contributed by atoms with van der Waals surface area (Å²) in [6, 6.07) is 6.93. The minimum absolute atomic E-state index is 0.281. The van der Waals surface area contributed by atoms with E-state index >= 15 is 0 Å². The normalized spacial score (nSPS) is 13.0. The number of nitrogens with zero attached hydrogens (tertiary/aromatic N) is 2. The van der Waals surface area contributed by atoms with Crippen molar-refractivity contribution in [1.82, 2.24) is 14.6 Å². The minimum Gasteiger partial charge on any atom is -0.340 e. The van der Waals surface area contributed by atoms with E-state index in [1.165, 1.54) is 11.8 Å². The van der Waals surface area contributed by atoms with Crippen molar-refractivity contribution in [3.05, 3.63) is 42.2 Å². The van der Waals surface area contributed by atoms with Crippen LogP contribution in [0.1, 0.15) is 12.5 Å². The number of carbonyl (C=O) groups is 1. The van der Waals surface area contributed by atoms with Gasteiger partial charge in [-0.3, -0.25) is 9.78 Å². The molecule has 0 spiro atoms. The number of rotatable bonds is 5. The molecule has 0 saturated carbocycles. The largest absolute Gasteiger partial charge is 0.340 e. The summed E-state index contributed by atoms with van der Waals surface area (Å²) in [5.74, 6) is -0.281. The fourth-order valence-corrected chi connectivity index (χ4v) is 3.11. The standard InChI is InChI=1S/C15H19N3O3S/c1-11(17-22(3,20)21)15(19)18(2)10-13-6-4-5-12-9-16-8-7-14(12)13/h4-9,11,17H,10H2,1-3H3. The van der Waals surface area contributed by atoms with Gasteiger partial charge in [0.2, 0.25) is 15.9 Å². The highest BCUT2D eigenvalue weighted by Gasteiger charge is 2.21. The number of nitrogens with one attached hydrogen (secondary N) is 1. The number of carbonyl (C=O) groups excluding carboxylic acids is 1. The van der Waals surface area contributed by atoms with E-state index < -0.39 is 16.1 Å². The second-order valence-electron chi connectivity index (χ2n) is 5.32. The predicted octanol–water partition coefficient (Wildman–Crippen LogP) is 1.13. The molecule has 0 radical (unpaired) electrons. The van der Waals surface area contributed by atoms with Gasteiger partial charge < -0.3 is 4.90 Å². The summed E-state index contributed by atoms with van der Waals surface area (Å²) in [6.45, 7) is 1.93. The molecule has 0 bridgehead atoms. The van der Waals surface area contributed by atoms with Crippen LogP contribution in [0.5, 0.6) is 0 Å². The first-order valence-electron chi connectivity index (χ1n) is 6.82. The van der Waals surface area contributed by atoms with Crippen molar-refractivity contribution in [1.29, 1.82) is 0 Å². The van der Waals surface area contributed by atoms with Crippen LogP contribution in [0.25, 0.3) is 10.8 Å². The predicted molar refractivity (Wildman–Crippen MR) is 85.7 cm³/mol. The number of benzene rings is 1. The molecule has 0 aliphatic carbocycles. The Bertz CT molecular complexity index is 784. The van der Waals surface area contributed by atoms with E-state index in [2.05, 4.69) is 9.71 Å². The lowest BCUT2D eigenvalue weighted by atomic mass is 10.1. The van der Waals surface area contributed by atoms with Gasteiger partial charge in [-0.25, -0.2) is 13.1 Å². The number of pyridine rings is 1. The summed E-state index contributed by atoms with van der Waals surface area (Å²) in [4.78, 5) is 17.8. The Kier molecular flexibility index (Phi) is 4.77. The lowest BCUT2D eigenvalue weighted by molar-refractivity contribution is -0.131. The monoisotopic (exact) mass is 321 g/mol. The van der Waals surface area contributed by atoms with Crippen LogP contribution >= 0.6 is 0 Å². The van der Waals surface area contributed by atoms with Crippen molar-refractivity contribution >= 4 is 26.7 Å². The maximum atomic E-state index is 12.2. The molecule has 2 aromatic rings. The molecular formula is C15H19N3O3S. The molecule has 1 aromatic carbocycles. The zero-order valence-electron chi connectivity index (χ0n) is 12.8. The summed E-state index contributed by atoms with van der Waals surface area (Å²) < 4.78 is 24.7. The zero-order chi connectivity index (χ0) is 16.3. The molecule has 0 fully saturated rings. The van der Waals surface area contributed by atoms with Gasteiger partial charge in [-0.05, 0) is 23.9 Å². The van der Waals surface area contributed by atoms with Crippen LogP contribution < -0.4 is 4.72 Å². The number of hydrogen-bond acceptors (Lipinski definition) is 4. The van der Waals surface area contributed by atoms with E-state index in [4.69, 9.17) is 0 Å². The molecule has 1 N–H and O–H groups in total. The van der Waals surface area contributed by atoms with Gasteiger partial charge in [0.15, 0.2) is 0 Å². The summed E-state index contributed by atoms with van der Waals surface area (Å²) >= 11 is 0. The molecule has 0 saturated heterocycles. The third-order valence-corrected chi connectivity index (χ3v) is 4.10. The van der Waals surface area contributed by atoms with Crippen molar-refractivity contribution in [3.8, 4) is 0 Å². The Morgan fingerprint density at radius 2 is 2.09 bits per heavy atom. The first-order chi connectivity index (χ1) is 10.3. The Morgan fingerprint density at radius 1 is 1.36 bits per heavy atom. The summed E-state index contributed by atoms with van der Waals surface area (Å²) in [5.41, 5.74) is 0.988. The molecule has 2 rings (SSSR count). The molecular weight excluding hydrogens is 302 g/mol. The first-order valence-corrected chi connectivity index (χ1v) is 8.71. The highest BCUT2D eigenvalue weighted by Crippen LogP contribution is 2.18. The van der Waals surface area contributed by atoms with E-state index in [1.807, 2.05) is 24.3 Å². The number of hydrogen-bond donors (Lipinski definition) is 1. The number of sulfonamides is 1. The second kappa shape index (κ2) is 6.41. The number of amides is 1. The quantitative estimate of drug-likeness (QED) is 0.895. The third kappa shape index (κ3) is 4.02. The van der Waals surface area contributed by atoms with Crippen molar-refractivity contribution in [3.63, 3.8) is 0 Å². The van der Waals surface area contributed by atoms with E-state index in [-0.39, 0.29) is 5.91 Å². The van der Waals surface area contributed by atoms with Crippen LogP contribution in [0.15, 0.2) is 36.7 Å². The highest BCUT2D eigenvalue weighted by molar-refractivity contribution is 7.88. The van der Waals surface area contributed by atoms with Gasteiger partial charge in [-0.1, -0.05) is 18.2 Å². The average Bonchev–Trinajstić information content (AvgIpc) is 2.45. The SMILES string of the molecule is CC(NS(C)(=O)=O)C(=O)N(C)Cc1cccc2cnccc12. The van der Waals surface area contributed by atoms with E-state index in [9.17, 15) is 13.2 Å². The van der Waals surface area contributed by atoms with Gasteiger partial charge >= 0.3 is 0 Å². The van der Waals surface area contributed by atoms with Crippen LogP contribution in [0.4, 0.5) is 0 Å². The molecule has 22 heavy (non-hydrogen) atoms. The Hall–Kier alpha value is -1.99. The first kappa shape index (κ1) is 16.4. The lowest BCUT2D eigenvalue weighted by Crippen LogP contribution is -2.44. The van der Waals surface area contributed by atoms with Crippen molar-refractivity contribution < 1.29 is 13.2 Å². The molecule has 118 valence electrons. The zero-order valence-corrected chi connectivity index (χ0v) is 13.6. The fourth-order valence-electron chi connectivity index (χ4n) is 2.36. The molecule has 1 heterocycles. The molecule has 1 atom stereocenters. The topological polar surface area (TPSA) is 79.4 Å². The van der Waals surface area contributed by atoms with Crippen molar-refractivity contribution in [2.45, 2.75) is 19.5 Å². The summed E-state index contributed by atoms with van der Waals surface area (Å²) in [5, 5.41) is 2.03.